The Morgan fingerprint density at radius 3 is 2.64 bits per heavy atom. The molecule has 0 saturated carbocycles. The highest BCUT2D eigenvalue weighted by molar-refractivity contribution is 14.1. The minimum absolute atomic E-state index is 0.352. The fourth-order valence-corrected chi connectivity index (χ4v) is 1.37. The van der Waals surface area contributed by atoms with Crippen molar-refractivity contribution in [1.29, 1.82) is 5.26 Å². The summed E-state index contributed by atoms with van der Waals surface area (Å²) >= 11 is 2.15. The van der Waals surface area contributed by atoms with E-state index in [1.54, 1.807) is 6.08 Å². The van der Waals surface area contributed by atoms with Gasteiger partial charge in [0, 0.05) is 9.15 Å². The molecule has 0 saturated heterocycles. The van der Waals surface area contributed by atoms with E-state index in [2.05, 4.69) is 49.1 Å². The van der Waals surface area contributed by atoms with Crippen molar-refractivity contribution < 1.29 is 0 Å². The number of rotatable bonds is 3. The highest BCUT2D eigenvalue weighted by Gasteiger charge is 2.08. The number of halogens is 1. The second kappa shape index (κ2) is 5.36. The molecule has 0 aliphatic carbocycles. The van der Waals surface area contributed by atoms with Crippen molar-refractivity contribution in [2.45, 2.75) is 20.3 Å². The predicted octanol–water partition coefficient (Wildman–Crippen LogP) is 3.43. The van der Waals surface area contributed by atoms with Gasteiger partial charge in [0.05, 0.1) is 6.07 Å². The summed E-state index contributed by atoms with van der Waals surface area (Å²) in [6.45, 7) is 7.76. The van der Waals surface area contributed by atoms with Crippen LogP contribution in [0.25, 0.3) is 0 Å². The molecule has 2 heteroatoms. The van der Waals surface area contributed by atoms with Gasteiger partial charge in [-0.2, -0.15) is 5.26 Å². The van der Waals surface area contributed by atoms with E-state index < -0.39 is 0 Å². The van der Waals surface area contributed by atoms with E-state index in [9.17, 15) is 0 Å². The first kappa shape index (κ1) is 10.7. The van der Waals surface area contributed by atoms with Gasteiger partial charge in [0.1, 0.15) is 0 Å². The van der Waals surface area contributed by atoms with Gasteiger partial charge in [-0.15, -0.1) is 0 Å². The molecule has 1 unspecified atom stereocenters. The van der Waals surface area contributed by atoms with Gasteiger partial charge in [-0.3, -0.25) is 0 Å². The Bertz CT molecular complexity index is 210. The van der Waals surface area contributed by atoms with E-state index in [4.69, 9.17) is 5.26 Å². The zero-order valence-corrected chi connectivity index (χ0v) is 9.05. The summed E-state index contributed by atoms with van der Waals surface area (Å²) in [4.78, 5) is 0. The lowest BCUT2D eigenvalue weighted by atomic mass is 9.99. The first-order valence-electron chi connectivity index (χ1n) is 3.59. The molecule has 0 heterocycles. The fraction of sp³-hybridized carbons (Fsp3) is 0.444. The van der Waals surface area contributed by atoms with Crippen molar-refractivity contribution in [3.05, 3.63) is 21.8 Å². The summed E-state index contributed by atoms with van der Waals surface area (Å²) < 4.78 is 0.972. The maximum Gasteiger partial charge on any atom is 0.0961 e. The van der Waals surface area contributed by atoms with Crippen molar-refractivity contribution in [3.8, 4) is 6.07 Å². The van der Waals surface area contributed by atoms with Crippen LogP contribution in [-0.2, 0) is 0 Å². The molecular weight excluding hydrogens is 249 g/mol. The van der Waals surface area contributed by atoms with Gasteiger partial charge in [-0.05, 0) is 34.9 Å². The maximum atomic E-state index is 8.77. The Kier molecular flexibility index (Phi) is 5.22. The van der Waals surface area contributed by atoms with E-state index >= 15 is 0 Å². The molecule has 0 rings (SSSR count). The summed E-state index contributed by atoms with van der Waals surface area (Å²) in [6, 6.07) is 2.20. The van der Waals surface area contributed by atoms with Crippen LogP contribution >= 0.6 is 22.6 Å². The van der Waals surface area contributed by atoms with Crippen LogP contribution in [0.2, 0.25) is 0 Å². The van der Waals surface area contributed by atoms with Crippen molar-refractivity contribution in [1.82, 2.24) is 0 Å². The molecule has 0 amide bonds. The minimum Gasteiger partial charge on any atom is -0.193 e. The zero-order valence-electron chi connectivity index (χ0n) is 6.89. The molecule has 0 aliphatic rings. The topological polar surface area (TPSA) is 23.8 Å². The normalized spacial score (nSPS) is 14.7. The third kappa shape index (κ3) is 3.06. The van der Waals surface area contributed by atoms with Gasteiger partial charge in [-0.1, -0.05) is 26.5 Å². The van der Waals surface area contributed by atoms with Crippen LogP contribution in [0.4, 0.5) is 0 Å². The molecule has 1 atom stereocenters. The Morgan fingerprint density at radius 1 is 1.82 bits per heavy atom. The molecule has 11 heavy (non-hydrogen) atoms. The molecule has 0 bridgehead atoms. The standard InChI is InChI=1S/C9H12IN/c1-4-7(3)8(6-11)9(10)5-2/h5,7H,2,4H2,1,3H3/b9-8+. The number of nitriles is 1. The third-order valence-corrected chi connectivity index (χ3v) is 2.68. The van der Waals surface area contributed by atoms with Crippen LogP contribution in [0.1, 0.15) is 20.3 Å². The lowest BCUT2D eigenvalue weighted by Crippen LogP contribution is -1.96. The second-order valence-electron chi connectivity index (χ2n) is 2.39. The van der Waals surface area contributed by atoms with Gasteiger partial charge in [0.2, 0.25) is 0 Å². The summed E-state index contributed by atoms with van der Waals surface area (Å²) in [6.07, 6.45) is 2.73. The first-order valence-corrected chi connectivity index (χ1v) is 4.67. The molecule has 0 aromatic carbocycles. The van der Waals surface area contributed by atoms with E-state index in [-0.39, 0.29) is 0 Å². The Balaban J connectivity index is 4.68. The highest BCUT2D eigenvalue weighted by atomic mass is 127. The quantitative estimate of drug-likeness (QED) is 0.433. The largest absolute Gasteiger partial charge is 0.193 e. The summed E-state index contributed by atoms with van der Waals surface area (Å²) in [7, 11) is 0. The number of hydrogen-bond acceptors (Lipinski definition) is 1. The van der Waals surface area contributed by atoms with E-state index in [1.807, 2.05) is 0 Å². The fourth-order valence-electron chi connectivity index (χ4n) is 0.713. The molecule has 0 aliphatic heterocycles. The number of allylic oxidation sites excluding steroid dienone is 3. The van der Waals surface area contributed by atoms with Gasteiger partial charge in [-0.25, -0.2) is 0 Å². The maximum absolute atomic E-state index is 8.77. The monoisotopic (exact) mass is 261 g/mol. The SMILES string of the molecule is C=C/C(I)=C(/C#N)C(C)CC. The molecule has 60 valence electrons. The van der Waals surface area contributed by atoms with Gasteiger partial charge in [0.15, 0.2) is 0 Å². The van der Waals surface area contributed by atoms with Crippen LogP contribution in [0.5, 0.6) is 0 Å². The Morgan fingerprint density at radius 2 is 2.36 bits per heavy atom. The number of nitrogens with zero attached hydrogens (tertiary/aromatic N) is 1. The molecule has 0 spiro atoms. The Labute approximate surface area is 81.9 Å². The van der Waals surface area contributed by atoms with Gasteiger partial charge >= 0.3 is 0 Å². The lowest BCUT2D eigenvalue weighted by Gasteiger charge is -2.06. The molecule has 0 radical (unpaired) electrons. The molecule has 0 fully saturated rings. The molecular formula is C9H12IN. The highest BCUT2D eigenvalue weighted by Crippen LogP contribution is 2.22. The Hall–Kier alpha value is -0.300. The van der Waals surface area contributed by atoms with Crippen LogP contribution in [-0.4, -0.2) is 0 Å². The van der Waals surface area contributed by atoms with Crippen LogP contribution < -0.4 is 0 Å². The van der Waals surface area contributed by atoms with Crippen LogP contribution in [0.3, 0.4) is 0 Å². The van der Waals surface area contributed by atoms with Crippen molar-refractivity contribution in [2.75, 3.05) is 0 Å². The van der Waals surface area contributed by atoms with E-state index in [1.165, 1.54) is 0 Å². The van der Waals surface area contributed by atoms with Gasteiger partial charge < -0.3 is 0 Å². The van der Waals surface area contributed by atoms with Gasteiger partial charge in [0.25, 0.3) is 0 Å². The summed E-state index contributed by atoms with van der Waals surface area (Å²) in [5, 5.41) is 8.77. The van der Waals surface area contributed by atoms with Crippen LogP contribution in [0, 0.1) is 17.2 Å². The second-order valence-corrected chi connectivity index (χ2v) is 3.55. The zero-order chi connectivity index (χ0) is 8.85. The lowest BCUT2D eigenvalue weighted by molar-refractivity contribution is 0.673. The predicted molar refractivity (Wildman–Crippen MR) is 56.3 cm³/mol. The third-order valence-electron chi connectivity index (χ3n) is 1.66. The summed E-state index contributed by atoms with van der Waals surface area (Å²) in [5.41, 5.74) is 0.850. The smallest absolute Gasteiger partial charge is 0.0961 e. The average molecular weight is 261 g/mol. The first-order chi connectivity index (χ1) is 5.17. The van der Waals surface area contributed by atoms with Crippen molar-refractivity contribution in [2.24, 2.45) is 5.92 Å². The summed E-state index contributed by atoms with van der Waals surface area (Å²) in [5.74, 6) is 0.352. The molecule has 0 aromatic rings. The average Bonchev–Trinajstić information content (AvgIpc) is 2.05. The molecule has 0 aromatic heterocycles. The number of hydrogen-bond donors (Lipinski definition) is 0. The van der Waals surface area contributed by atoms with Crippen molar-refractivity contribution >= 4 is 22.6 Å². The molecule has 1 nitrogen and oxygen atoms in total. The van der Waals surface area contributed by atoms with Crippen LogP contribution in [0.15, 0.2) is 21.8 Å². The molecule has 0 N–H and O–H groups in total. The minimum atomic E-state index is 0.352. The van der Waals surface area contributed by atoms with Crippen molar-refractivity contribution in [3.63, 3.8) is 0 Å². The van der Waals surface area contributed by atoms with E-state index in [0.717, 1.165) is 15.6 Å². The van der Waals surface area contributed by atoms with E-state index in [0.29, 0.717) is 5.92 Å².